The lowest BCUT2D eigenvalue weighted by Gasteiger charge is -2.16. The Labute approximate surface area is 163 Å². The van der Waals surface area contributed by atoms with Crippen LogP contribution in [-0.4, -0.2) is 26.8 Å². The Morgan fingerprint density at radius 1 is 1.11 bits per heavy atom. The van der Waals surface area contributed by atoms with Gasteiger partial charge in [0.05, 0.1) is 10.9 Å². The molecule has 0 spiro atoms. The monoisotopic (exact) mass is 407 g/mol. The minimum atomic E-state index is -3.81. The quantitative estimate of drug-likeness (QED) is 0.625. The van der Waals surface area contributed by atoms with Gasteiger partial charge in [0.25, 0.3) is 0 Å². The fourth-order valence-electron chi connectivity index (χ4n) is 2.48. The number of amides is 2. The summed E-state index contributed by atoms with van der Waals surface area (Å²) in [5.74, 6) is -1.06. The molecule has 3 N–H and O–H groups in total. The van der Waals surface area contributed by atoms with Crippen molar-refractivity contribution in [3.05, 3.63) is 59.9 Å². The molecule has 2 rings (SSSR count). The van der Waals surface area contributed by atoms with Crippen LogP contribution in [0.2, 0.25) is 0 Å². The second-order valence-corrected chi connectivity index (χ2v) is 7.96. The zero-order valence-electron chi connectivity index (χ0n) is 15.5. The highest BCUT2D eigenvalue weighted by Gasteiger charge is 2.15. The number of carbonyl (C=O) groups is 2. The smallest absolute Gasteiger partial charge is 0.240 e. The maximum Gasteiger partial charge on any atom is 0.240 e. The lowest BCUT2D eigenvalue weighted by atomic mass is 10.1. The second-order valence-electron chi connectivity index (χ2n) is 6.20. The van der Waals surface area contributed by atoms with Crippen molar-refractivity contribution in [1.82, 2.24) is 10.0 Å². The Bertz CT molecular complexity index is 946. The summed E-state index contributed by atoms with van der Waals surface area (Å²) in [7, 11) is -3.81. The first-order valence-electron chi connectivity index (χ1n) is 8.59. The molecule has 1 atom stereocenters. The van der Waals surface area contributed by atoms with Crippen LogP contribution in [0, 0.1) is 5.82 Å². The van der Waals surface area contributed by atoms with Crippen molar-refractivity contribution in [2.75, 3.05) is 11.9 Å². The SMILES string of the molecule is CC(=O)Nc1cccc(C(C)NC(=O)CCNS(=O)(=O)c2ccc(F)cc2)c1. The van der Waals surface area contributed by atoms with Gasteiger partial charge in [0.1, 0.15) is 5.82 Å². The van der Waals surface area contributed by atoms with E-state index in [9.17, 15) is 22.4 Å². The normalized spacial score (nSPS) is 12.2. The van der Waals surface area contributed by atoms with E-state index in [1.165, 1.54) is 6.92 Å². The highest BCUT2D eigenvalue weighted by molar-refractivity contribution is 7.89. The average molecular weight is 407 g/mol. The molecule has 2 amide bonds. The van der Waals surface area contributed by atoms with Crippen molar-refractivity contribution in [3.8, 4) is 0 Å². The molecule has 1 unspecified atom stereocenters. The topological polar surface area (TPSA) is 104 Å². The number of halogens is 1. The van der Waals surface area contributed by atoms with Crippen LogP contribution in [0.15, 0.2) is 53.4 Å². The van der Waals surface area contributed by atoms with E-state index < -0.39 is 15.8 Å². The Hall–Kier alpha value is -2.78. The summed E-state index contributed by atoms with van der Waals surface area (Å²) in [5, 5.41) is 5.45. The van der Waals surface area contributed by atoms with E-state index in [1.807, 2.05) is 6.07 Å². The number of sulfonamides is 1. The lowest BCUT2D eigenvalue weighted by Crippen LogP contribution is -2.32. The molecule has 0 aliphatic heterocycles. The van der Waals surface area contributed by atoms with E-state index in [-0.39, 0.29) is 35.7 Å². The van der Waals surface area contributed by atoms with Crippen molar-refractivity contribution in [2.24, 2.45) is 0 Å². The maximum absolute atomic E-state index is 12.9. The van der Waals surface area contributed by atoms with Gasteiger partial charge in [0.2, 0.25) is 21.8 Å². The Morgan fingerprint density at radius 3 is 2.43 bits per heavy atom. The van der Waals surface area contributed by atoms with Gasteiger partial charge < -0.3 is 10.6 Å². The highest BCUT2D eigenvalue weighted by atomic mass is 32.2. The average Bonchev–Trinajstić information content (AvgIpc) is 2.61. The van der Waals surface area contributed by atoms with Crippen molar-refractivity contribution in [2.45, 2.75) is 31.2 Å². The first-order chi connectivity index (χ1) is 13.2. The van der Waals surface area contributed by atoms with Crippen LogP contribution in [-0.2, 0) is 19.6 Å². The first kappa shape index (κ1) is 21.5. The zero-order valence-corrected chi connectivity index (χ0v) is 16.3. The molecule has 0 fully saturated rings. The van der Waals surface area contributed by atoms with Gasteiger partial charge in [-0.1, -0.05) is 12.1 Å². The van der Waals surface area contributed by atoms with Gasteiger partial charge in [-0.05, 0) is 48.9 Å². The van der Waals surface area contributed by atoms with Crippen molar-refractivity contribution < 1.29 is 22.4 Å². The summed E-state index contributed by atoms with van der Waals surface area (Å²) in [6, 6.07) is 11.2. The number of anilines is 1. The van der Waals surface area contributed by atoms with Gasteiger partial charge in [0.15, 0.2) is 0 Å². The number of hydrogen-bond acceptors (Lipinski definition) is 4. The van der Waals surface area contributed by atoms with E-state index in [2.05, 4.69) is 15.4 Å². The van der Waals surface area contributed by atoms with Crippen LogP contribution in [0.25, 0.3) is 0 Å². The largest absolute Gasteiger partial charge is 0.350 e. The van der Waals surface area contributed by atoms with E-state index in [1.54, 1.807) is 25.1 Å². The number of hydrogen-bond donors (Lipinski definition) is 3. The minimum Gasteiger partial charge on any atom is -0.350 e. The minimum absolute atomic E-state index is 0.0594. The Balaban J connectivity index is 1.86. The van der Waals surface area contributed by atoms with Crippen LogP contribution in [0.4, 0.5) is 10.1 Å². The summed E-state index contributed by atoms with van der Waals surface area (Å²) in [4.78, 5) is 23.2. The fraction of sp³-hybridized carbons (Fsp3) is 0.263. The Kier molecular flexibility index (Phi) is 7.24. The molecule has 7 nitrogen and oxygen atoms in total. The maximum atomic E-state index is 12.9. The van der Waals surface area contributed by atoms with Crippen molar-refractivity contribution in [1.29, 1.82) is 0 Å². The van der Waals surface area contributed by atoms with E-state index in [0.29, 0.717) is 5.69 Å². The number of benzene rings is 2. The fourth-order valence-corrected chi connectivity index (χ4v) is 3.51. The zero-order chi connectivity index (χ0) is 20.7. The third-order valence-electron chi connectivity index (χ3n) is 3.85. The molecule has 28 heavy (non-hydrogen) atoms. The van der Waals surface area contributed by atoms with Crippen LogP contribution >= 0.6 is 0 Å². The molecule has 0 aromatic heterocycles. The van der Waals surface area contributed by atoms with Crippen LogP contribution in [0.5, 0.6) is 0 Å². The van der Waals surface area contributed by atoms with Gasteiger partial charge in [-0.2, -0.15) is 0 Å². The van der Waals surface area contributed by atoms with Crippen molar-refractivity contribution >= 4 is 27.5 Å². The molecule has 0 heterocycles. The molecule has 0 aliphatic carbocycles. The van der Waals surface area contributed by atoms with Gasteiger partial charge >= 0.3 is 0 Å². The van der Waals surface area contributed by atoms with E-state index in [4.69, 9.17) is 0 Å². The van der Waals surface area contributed by atoms with Crippen molar-refractivity contribution in [3.63, 3.8) is 0 Å². The molecule has 9 heteroatoms. The molecule has 0 saturated heterocycles. The standard InChI is InChI=1S/C19H22FN3O4S/c1-13(15-4-3-5-17(12-15)23-14(2)24)22-19(25)10-11-21-28(26,27)18-8-6-16(20)7-9-18/h3-9,12-13,21H,10-11H2,1-2H3,(H,22,25)(H,23,24). The number of nitrogens with one attached hydrogen (secondary N) is 3. The lowest BCUT2D eigenvalue weighted by molar-refractivity contribution is -0.121. The summed E-state index contributed by atoms with van der Waals surface area (Å²) < 4.78 is 39.4. The van der Waals surface area contributed by atoms with Crippen LogP contribution < -0.4 is 15.4 Å². The predicted octanol–water partition coefficient (Wildman–Crippen LogP) is 2.33. The summed E-state index contributed by atoms with van der Waals surface area (Å²) in [6.07, 6.45) is -0.0594. The van der Waals surface area contributed by atoms with Crippen LogP contribution in [0.3, 0.4) is 0 Å². The molecule has 150 valence electrons. The molecular weight excluding hydrogens is 385 g/mol. The van der Waals surface area contributed by atoms with Crippen LogP contribution in [0.1, 0.15) is 31.9 Å². The third-order valence-corrected chi connectivity index (χ3v) is 5.33. The number of carbonyl (C=O) groups excluding carboxylic acids is 2. The predicted molar refractivity (Wildman–Crippen MR) is 104 cm³/mol. The second kappa shape index (κ2) is 9.43. The molecule has 0 radical (unpaired) electrons. The summed E-state index contributed by atoms with van der Waals surface area (Å²) in [6.45, 7) is 3.10. The van der Waals surface area contributed by atoms with Gasteiger partial charge in [-0.3, -0.25) is 9.59 Å². The van der Waals surface area contributed by atoms with Gasteiger partial charge in [-0.25, -0.2) is 17.5 Å². The molecular formula is C19H22FN3O4S. The van der Waals surface area contributed by atoms with E-state index in [0.717, 1.165) is 29.8 Å². The van der Waals surface area contributed by atoms with E-state index >= 15 is 0 Å². The first-order valence-corrected chi connectivity index (χ1v) is 10.1. The third kappa shape index (κ3) is 6.43. The molecule has 2 aromatic rings. The molecule has 0 bridgehead atoms. The Morgan fingerprint density at radius 2 is 1.79 bits per heavy atom. The summed E-state index contributed by atoms with van der Waals surface area (Å²) in [5.41, 5.74) is 1.42. The molecule has 0 saturated carbocycles. The number of rotatable bonds is 8. The molecule has 2 aromatic carbocycles. The van der Waals surface area contributed by atoms with Gasteiger partial charge in [-0.15, -0.1) is 0 Å². The van der Waals surface area contributed by atoms with Gasteiger partial charge in [0, 0.05) is 25.6 Å². The highest BCUT2D eigenvalue weighted by Crippen LogP contribution is 2.17. The molecule has 0 aliphatic rings. The summed E-state index contributed by atoms with van der Waals surface area (Å²) >= 11 is 0.